The number of nitrogens with zero attached hydrogens (tertiary/aromatic N) is 1. The zero-order valence-electron chi connectivity index (χ0n) is 10.5. The van der Waals surface area contributed by atoms with Crippen LogP contribution in [-0.4, -0.2) is 25.0 Å². The summed E-state index contributed by atoms with van der Waals surface area (Å²) >= 11 is 6.08. The molecule has 0 aromatic heterocycles. The Labute approximate surface area is 111 Å². The average molecular weight is 271 g/mol. The van der Waals surface area contributed by atoms with Crippen molar-refractivity contribution in [1.29, 1.82) is 0 Å². The van der Waals surface area contributed by atoms with Crippen molar-refractivity contribution in [2.75, 3.05) is 13.1 Å². The zero-order chi connectivity index (χ0) is 13.1. The van der Waals surface area contributed by atoms with Gasteiger partial charge in [0.1, 0.15) is 5.84 Å². The van der Waals surface area contributed by atoms with Crippen LogP contribution in [0.15, 0.2) is 17.1 Å². The van der Waals surface area contributed by atoms with Crippen LogP contribution < -0.4 is 10.1 Å². The molecule has 1 aromatic rings. The number of benzene rings is 1. The largest absolute Gasteiger partial charge is 0.478 e. The molecule has 1 heterocycles. The van der Waals surface area contributed by atoms with E-state index in [0.717, 1.165) is 24.5 Å². The van der Waals surface area contributed by atoms with Crippen LogP contribution in [0.3, 0.4) is 0 Å². The molecule has 0 amide bonds. The van der Waals surface area contributed by atoms with Crippen LogP contribution >= 0.6 is 11.6 Å². The second kappa shape index (κ2) is 5.57. The first-order valence-corrected chi connectivity index (χ1v) is 6.40. The maximum absolute atomic E-state index is 13.7. The van der Waals surface area contributed by atoms with Crippen LogP contribution in [0.5, 0.6) is 5.75 Å². The van der Waals surface area contributed by atoms with Gasteiger partial charge in [0, 0.05) is 6.54 Å². The predicted molar refractivity (Wildman–Crippen MR) is 71.2 cm³/mol. The van der Waals surface area contributed by atoms with Crippen molar-refractivity contribution in [2.45, 2.75) is 26.4 Å². The van der Waals surface area contributed by atoms with E-state index in [2.05, 4.69) is 10.3 Å². The van der Waals surface area contributed by atoms with Gasteiger partial charge in [-0.05, 0) is 25.0 Å². The lowest BCUT2D eigenvalue weighted by Gasteiger charge is -2.19. The lowest BCUT2D eigenvalue weighted by Crippen LogP contribution is -2.35. The Morgan fingerprint density at radius 1 is 1.56 bits per heavy atom. The minimum atomic E-state index is -0.442. The average Bonchev–Trinajstić information content (AvgIpc) is 2.88. The third-order valence-electron chi connectivity index (χ3n) is 2.88. The van der Waals surface area contributed by atoms with E-state index in [4.69, 9.17) is 16.3 Å². The van der Waals surface area contributed by atoms with E-state index in [0.29, 0.717) is 11.4 Å². The van der Waals surface area contributed by atoms with Crippen molar-refractivity contribution in [1.82, 2.24) is 5.32 Å². The number of aryl methyl sites for hydroxylation is 1. The number of hydrogen-bond donors (Lipinski definition) is 1. The highest BCUT2D eigenvalue weighted by atomic mass is 35.5. The topological polar surface area (TPSA) is 33.6 Å². The molecule has 1 N–H and O–H groups in total. The smallest absolute Gasteiger partial charge is 0.174 e. The molecule has 1 aliphatic rings. The summed E-state index contributed by atoms with van der Waals surface area (Å²) in [5.41, 5.74) is 0.796. The molecular formula is C13H16ClFN2O. The van der Waals surface area contributed by atoms with E-state index in [1.807, 2.05) is 13.8 Å². The van der Waals surface area contributed by atoms with E-state index in [9.17, 15) is 4.39 Å². The normalized spacial score (nSPS) is 16.1. The van der Waals surface area contributed by atoms with Crippen LogP contribution in [0.2, 0.25) is 5.02 Å². The molecule has 1 atom stereocenters. The monoisotopic (exact) mass is 270 g/mol. The third kappa shape index (κ3) is 2.58. The van der Waals surface area contributed by atoms with Crippen LogP contribution in [0.25, 0.3) is 0 Å². The van der Waals surface area contributed by atoms with Gasteiger partial charge in [-0.25, -0.2) is 4.39 Å². The van der Waals surface area contributed by atoms with Crippen molar-refractivity contribution in [3.8, 4) is 5.75 Å². The highest BCUT2D eigenvalue weighted by molar-refractivity contribution is 6.32. The van der Waals surface area contributed by atoms with E-state index in [-0.39, 0.29) is 11.9 Å². The van der Waals surface area contributed by atoms with Crippen molar-refractivity contribution < 1.29 is 9.13 Å². The summed E-state index contributed by atoms with van der Waals surface area (Å²) in [6, 6.07) is 3.00. The molecule has 5 heteroatoms. The third-order valence-corrected chi connectivity index (χ3v) is 3.35. The van der Waals surface area contributed by atoms with Gasteiger partial charge in [-0.15, -0.1) is 0 Å². The molecule has 0 bridgehead atoms. The summed E-state index contributed by atoms with van der Waals surface area (Å²) in [5.74, 6) is 0.442. The number of nitrogens with one attached hydrogen (secondary N) is 1. The van der Waals surface area contributed by atoms with Gasteiger partial charge in [-0.2, -0.15) is 0 Å². The van der Waals surface area contributed by atoms with Gasteiger partial charge < -0.3 is 10.1 Å². The molecule has 98 valence electrons. The van der Waals surface area contributed by atoms with Gasteiger partial charge in [0.2, 0.25) is 0 Å². The highest BCUT2D eigenvalue weighted by Crippen LogP contribution is 2.32. The van der Waals surface area contributed by atoms with E-state index in [1.165, 1.54) is 6.07 Å². The fraction of sp³-hybridized carbons (Fsp3) is 0.462. The second-order valence-electron chi connectivity index (χ2n) is 4.22. The molecular weight excluding hydrogens is 255 g/mol. The summed E-state index contributed by atoms with van der Waals surface area (Å²) in [6.07, 6.45) is 0.427. The van der Waals surface area contributed by atoms with E-state index in [1.54, 1.807) is 6.07 Å². The standard InChI is InChI=1S/C13H16ClFN2O/c1-3-10(13-16-6-7-17-13)18-12-9(15)5-4-8(2)11(12)14/h4-5,10H,3,6-7H2,1-2H3,(H,16,17). The maximum Gasteiger partial charge on any atom is 0.174 e. The Bertz CT molecular complexity index is 476. The first kappa shape index (κ1) is 13.1. The number of rotatable bonds is 4. The Hall–Kier alpha value is -1.29. The number of ether oxygens (including phenoxy) is 1. The molecule has 1 aliphatic heterocycles. The van der Waals surface area contributed by atoms with Gasteiger partial charge in [0.15, 0.2) is 17.7 Å². The fourth-order valence-corrected chi connectivity index (χ4v) is 2.04. The molecule has 0 saturated heterocycles. The lowest BCUT2D eigenvalue weighted by molar-refractivity contribution is 0.247. The fourth-order valence-electron chi connectivity index (χ4n) is 1.85. The first-order valence-electron chi connectivity index (χ1n) is 6.03. The number of amidine groups is 1. The Morgan fingerprint density at radius 3 is 2.94 bits per heavy atom. The molecule has 3 nitrogen and oxygen atoms in total. The Morgan fingerprint density at radius 2 is 2.33 bits per heavy atom. The molecule has 1 unspecified atom stereocenters. The van der Waals surface area contributed by atoms with Gasteiger partial charge in [-0.3, -0.25) is 4.99 Å². The van der Waals surface area contributed by atoms with Crippen molar-refractivity contribution in [3.05, 3.63) is 28.5 Å². The molecule has 1 aromatic carbocycles. The number of halogens is 2. The lowest BCUT2D eigenvalue weighted by atomic mass is 10.2. The summed E-state index contributed by atoms with van der Waals surface area (Å²) < 4.78 is 19.4. The molecule has 0 saturated carbocycles. The second-order valence-corrected chi connectivity index (χ2v) is 4.59. The first-order chi connectivity index (χ1) is 8.63. The SMILES string of the molecule is CCC(Oc1c(F)ccc(C)c1Cl)C1=NCCN1. The van der Waals surface area contributed by atoms with Crippen LogP contribution in [0.4, 0.5) is 4.39 Å². The summed E-state index contributed by atoms with van der Waals surface area (Å²) in [6.45, 7) is 5.33. The summed E-state index contributed by atoms with van der Waals surface area (Å²) in [4.78, 5) is 4.30. The molecule has 0 spiro atoms. The van der Waals surface area contributed by atoms with Crippen LogP contribution in [0, 0.1) is 12.7 Å². The Kier molecular flexibility index (Phi) is 4.07. The predicted octanol–water partition coefficient (Wildman–Crippen LogP) is 2.95. The van der Waals surface area contributed by atoms with Crippen molar-refractivity contribution in [3.63, 3.8) is 0 Å². The molecule has 0 aliphatic carbocycles. The summed E-state index contributed by atoms with van der Waals surface area (Å²) in [7, 11) is 0. The summed E-state index contributed by atoms with van der Waals surface area (Å²) in [5, 5.41) is 3.47. The maximum atomic E-state index is 13.7. The van der Waals surface area contributed by atoms with Gasteiger partial charge in [0.05, 0.1) is 11.6 Å². The minimum Gasteiger partial charge on any atom is -0.478 e. The molecule has 0 radical (unpaired) electrons. The minimum absolute atomic E-state index is 0.111. The van der Waals surface area contributed by atoms with Crippen molar-refractivity contribution >= 4 is 17.4 Å². The molecule has 18 heavy (non-hydrogen) atoms. The van der Waals surface area contributed by atoms with Gasteiger partial charge in [0.25, 0.3) is 0 Å². The number of aliphatic imine (C=N–C) groups is 1. The van der Waals surface area contributed by atoms with Gasteiger partial charge >= 0.3 is 0 Å². The van der Waals surface area contributed by atoms with Crippen molar-refractivity contribution in [2.24, 2.45) is 4.99 Å². The van der Waals surface area contributed by atoms with Gasteiger partial charge in [-0.1, -0.05) is 24.6 Å². The Balaban J connectivity index is 2.24. The zero-order valence-corrected chi connectivity index (χ0v) is 11.2. The van der Waals surface area contributed by atoms with Crippen LogP contribution in [0.1, 0.15) is 18.9 Å². The van der Waals surface area contributed by atoms with E-state index < -0.39 is 5.82 Å². The quantitative estimate of drug-likeness (QED) is 0.913. The molecule has 2 rings (SSSR count). The highest BCUT2D eigenvalue weighted by Gasteiger charge is 2.22. The van der Waals surface area contributed by atoms with Crippen LogP contribution in [-0.2, 0) is 0 Å². The van der Waals surface area contributed by atoms with E-state index >= 15 is 0 Å². The number of hydrogen-bond acceptors (Lipinski definition) is 3. The molecule has 0 fully saturated rings.